The molecule has 0 spiro atoms. The van der Waals surface area contributed by atoms with Crippen molar-refractivity contribution in [1.82, 2.24) is 20.1 Å². The molecule has 0 atom stereocenters. The van der Waals surface area contributed by atoms with E-state index in [1.54, 1.807) is 0 Å². The van der Waals surface area contributed by atoms with E-state index in [1.165, 1.54) is 28.4 Å². The number of thiazole rings is 1. The number of nitrogens with one attached hydrogen (secondary N) is 1. The lowest BCUT2D eigenvalue weighted by Gasteiger charge is -2.10. The van der Waals surface area contributed by atoms with Crippen molar-refractivity contribution in [3.05, 3.63) is 77.4 Å². The second-order valence-corrected chi connectivity index (χ2v) is 7.18. The zero-order valence-electron chi connectivity index (χ0n) is 14.6. The molecule has 0 aliphatic carbocycles. The van der Waals surface area contributed by atoms with Crippen LogP contribution in [0.2, 0.25) is 0 Å². The molecular formula is C19H12F4N4OS. The van der Waals surface area contributed by atoms with E-state index in [0.717, 1.165) is 22.3 Å². The first kappa shape index (κ1) is 19.1. The third-order valence-electron chi connectivity index (χ3n) is 4.06. The van der Waals surface area contributed by atoms with Crippen LogP contribution in [0.1, 0.15) is 21.5 Å². The summed E-state index contributed by atoms with van der Waals surface area (Å²) in [6.45, 7) is -0.258. The second-order valence-electron chi connectivity index (χ2n) is 6.17. The summed E-state index contributed by atoms with van der Waals surface area (Å²) >= 11 is 1.40. The number of carbonyl (C=O) groups excluding carboxylic acids is 1. The predicted octanol–water partition coefficient (Wildman–Crippen LogP) is 4.57. The highest BCUT2D eigenvalue weighted by Crippen LogP contribution is 2.30. The average Bonchev–Trinajstić information content (AvgIpc) is 3.31. The Balaban J connectivity index is 1.48. The molecule has 0 aliphatic heterocycles. The molecule has 4 rings (SSSR count). The second kappa shape index (κ2) is 7.28. The van der Waals surface area contributed by atoms with Crippen molar-refractivity contribution in [3.63, 3.8) is 0 Å². The molecule has 2 aromatic carbocycles. The Labute approximate surface area is 165 Å². The van der Waals surface area contributed by atoms with E-state index < -0.39 is 23.5 Å². The molecule has 5 nitrogen and oxygen atoms in total. The molecule has 2 aromatic heterocycles. The standard InChI is InChI=1S/C19H12F4N4OS/c20-14-6-11(5-13(7-14)19(21,22)23)8-24-17(28)12-9-25-27(10-12)18-26-15-3-1-2-4-16(15)29-18/h1-7,9-10H,8H2,(H,24,28). The average molecular weight is 420 g/mol. The molecule has 0 bridgehead atoms. The molecule has 2 heterocycles. The highest BCUT2D eigenvalue weighted by molar-refractivity contribution is 7.20. The fourth-order valence-electron chi connectivity index (χ4n) is 2.70. The molecular weight excluding hydrogens is 408 g/mol. The van der Waals surface area contributed by atoms with Gasteiger partial charge in [0, 0.05) is 12.7 Å². The maximum absolute atomic E-state index is 13.5. The highest BCUT2D eigenvalue weighted by Gasteiger charge is 2.31. The molecule has 0 radical (unpaired) electrons. The van der Waals surface area contributed by atoms with Gasteiger partial charge in [0.1, 0.15) is 5.82 Å². The number of hydrogen-bond donors (Lipinski definition) is 1. The van der Waals surface area contributed by atoms with Gasteiger partial charge < -0.3 is 5.32 Å². The maximum atomic E-state index is 13.5. The van der Waals surface area contributed by atoms with Gasteiger partial charge in [-0.05, 0) is 35.9 Å². The number of rotatable bonds is 4. The molecule has 1 amide bonds. The summed E-state index contributed by atoms with van der Waals surface area (Å²) in [4.78, 5) is 16.7. The van der Waals surface area contributed by atoms with E-state index in [0.29, 0.717) is 11.2 Å². The number of halogens is 4. The number of carbonyl (C=O) groups is 1. The van der Waals surface area contributed by atoms with E-state index in [4.69, 9.17) is 0 Å². The van der Waals surface area contributed by atoms with Crippen molar-refractivity contribution in [2.45, 2.75) is 12.7 Å². The third-order valence-corrected chi connectivity index (χ3v) is 5.09. The zero-order chi connectivity index (χ0) is 20.6. The number of fused-ring (bicyclic) bond motifs is 1. The first-order valence-corrected chi connectivity index (χ1v) is 9.17. The first-order chi connectivity index (χ1) is 13.8. The molecule has 29 heavy (non-hydrogen) atoms. The van der Waals surface area contributed by atoms with Gasteiger partial charge in [-0.2, -0.15) is 18.3 Å². The Morgan fingerprint density at radius 3 is 2.72 bits per heavy atom. The minimum atomic E-state index is -4.67. The third kappa shape index (κ3) is 4.11. The van der Waals surface area contributed by atoms with E-state index in [-0.39, 0.29) is 17.7 Å². The number of para-hydroxylation sites is 1. The largest absolute Gasteiger partial charge is 0.416 e. The topological polar surface area (TPSA) is 59.8 Å². The van der Waals surface area contributed by atoms with Gasteiger partial charge in [0.25, 0.3) is 5.91 Å². The molecule has 1 N–H and O–H groups in total. The van der Waals surface area contributed by atoms with Crippen LogP contribution in [0.25, 0.3) is 15.3 Å². The Hall–Kier alpha value is -3.27. The van der Waals surface area contributed by atoms with Crippen LogP contribution >= 0.6 is 11.3 Å². The SMILES string of the molecule is O=C(NCc1cc(F)cc(C(F)(F)F)c1)c1cnn(-c2nc3ccccc3s2)c1. The van der Waals surface area contributed by atoms with Crippen LogP contribution in [-0.4, -0.2) is 20.7 Å². The highest BCUT2D eigenvalue weighted by atomic mass is 32.1. The predicted molar refractivity (Wildman–Crippen MR) is 99.3 cm³/mol. The fraction of sp³-hybridized carbons (Fsp3) is 0.105. The summed E-state index contributed by atoms with van der Waals surface area (Å²) in [6.07, 6.45) is -1.87. The van der Waals surface area contributed by atoms with Crippen LogP contribution in [-0.2, 0) is 12.7 Å². The maximum Gasteiger partial charge on any atom is 0.416 e. The van der Waals surface area contributed by atoms with Gasteiger partial charge in [-0.3, -0.25) is 4.79 Å². The fourth-order valence-corrected chi connectivity index (χ4v) is 3.60. The van der Waals surface area contributed by atoms with Gasteiger partial charge >= 0.3 is 6.18 Å². The van der Waals surface area contributed by atoms with Gasteiger partial charge in [0.05, 0.1) is 27.5 Å². The van der Waals surface area contributed by atoms with E-state index >= 15 is 0 Å². The van der Waals surface area contributed by atoms with Crippen molar-refractivity contribution in [2.24, 2.45) is 0 Å². The number of alkyl halides is 3. The minimum absolute atomic E-state index is 0.00393. The molecule has 0 saturated carbocycles. The monoisotopic (exact) mass is 420 g/mol. The van der Waals surface area contributed by atoms with Gasteiger partial charge in [-0.1, -0.05) is 23.5 Å². The molecule has 10 heteroatoms. The van der Waals surface area contributed by atoms with Gasteiger partial charge in [0.2, 0.25) is 5.13 Å². The number of amides is 1. The molecule has 0 saturated heterocycles. The molecule has 0 aliphatic rings. The Morgan fingerprint density at radius 1 is 1.17 bits per heavy atom. The summed E-state index contributed by atoms with van der Waals surface area (Å²) in [5.41, 5.74) is -0.0908. The van der Waals surface area contributed by atoms with Gasteiger partial charge in [0.15, 0.2) is 0 Å². The summed E-state index contributed by atoms with van der Waals surface area (Å²) in [5.74, 6) is -1.57. The van der Waals surface area contributed by atoms with Crippen LogP contribution in [0.5, 0.6) is 0 Å². The smallest absolute Gasteiger partial charge is 0.348 e. The first-order valence-electron chi connectivity index (χ1n) is 8.35. The van der Waals surface area contributed by atoms with Crippen LogP contribution in [0, 0.1) is 5.82 Å². The Bertz CT molecular complexity index is 1170. The zero-order valence-corrected chi connectivity index (χ0v) is 15.4. The van der Waals surface area contributed by atoms with Crippen molar-refractivity contribution in [2.75, 3.05) is 0 Å². The summed E-state index contributed by atoms with van der Waals surface area (Å²) in [7, 11) is 0. The van der Waals surface area contributed by atoms with E-state index in [9.17, 15) is 22.4 Å². The molecule has 0 fully saturated rings. The van der Waals surface area contributed by atoms with Crippen molar-refractivity contribution in [3.8, 4) is 5.13 Å². The quantitative estimate of drug-likeness (QED) is 0.492. The van der Waals surface area contributed by atoms with Gasteiger partial charge in [-0.25, -0.2) is 14.1 Å². The lowest BCUT2D eigenvalue weighted by Crippen LogP contribution is -2.22. The van der Waals surface area contributed by atoms with Crippen LogP contribution < -0.4 is 5.32 Å². The Kier molecular flexibility index (Phi) is 4.79. The summed E-state index contributed by atoms with van der Waals surface area (Å²) in [6, 6.07) is 9.69. The van der Waals surface area contributed by atoms with Crippen LogP contribution in [0.3, 0.4) is 0 Å². The lowest BCUT2D eigenvalue weighted by molar-refractivity contribution is -0.137. The number of benzene rings is 2. The molecule has 4 aromatic rings. The normalized spacial score (nSPS) is 11.7. The van der Waals surface area contributed by atoms with Crippen molar-refractivity contribution in [1.29, 1.82) is 0 Å². The van der Waals surface area contributed by atoms with Crippen molar-refractivity contribution >= 4 is 27.5 Å². The molecule has 148 valence electrons. The molecule has 0 unspecified atom stereocenters. The number of aromatic nitrogens is 3. The number of hydrogen-bond acceptors (Lipinski definition) is 4. The van der Waals surface area contributed by atoms with Crippen molar-refractivity contribution < 1.29 is 22.4 Å². The lowest BCUT2D eigenvalue weighted by atomic mass is 10.1. The number of nitrogens with zero attached hydrogens (tertiary/aromatic N) is 3. The van der Waals surface area contributed by atoms with E-state index in [2.05, 4.69) is 15.4 Å². The Morgan fingerprint density at radius 2 is 1.97 bits per heavy atom. The van der Waals surface area contributed by atoms with Crippen LogP contribution in [0.4, 0.5) is 17.6 Å². The van der Waals surface area contributed by atoms with E-state index in [1.807, 2.05) is 24.3 Å². The summed E-state index contributed by atoms with van der Waals surface area (Å²) in [5, 5.41) is 7.16. The van der Waals surface area contributed by atoms with Gasteiger partial charge in [-0.15, -0.1) is 0 Å². The summed E-state index contributed by atoms with van der Waals surface area (Å²) < 4.78 is 54.2. The minimum Gasteiger partial charge on any atom is -0.348 e. The van der Waals surface area contributed by atoms with Crippen LogP contribution in [0.15, 0.2) is 54.9 Å².